The van der Waals surface area contributed by atoms with Gasteiger partial charge in [0.2, 0.25) is 5.56 Å². The molecular formula is C16H16N2O3. The summed E-state index contributed by atoms with van der Waals surface area (Å²) in [6.07, 6.45) is 2.24. The highest BCUT2D eigenvalue weighted by atomic mass is 16.3. The Labute approximate surface area is 121 Å². The molecule has 1 aliphatic heterocycles. The molecule has 5 nitrogen and oxygen atoms in total. The Morgan fingerprint density at radius 1 is 1.29 bits per heavy atom. The van der Waals surface area contributed by atoms with E-state index in [-0.39, 0.29) is 11.5 Å². The van der Waals surface area contributed by atoms with Crippen molar-refractivity contribution in [2.75, 3.05) is 11.4 Å². The topological polar surface area (TPSA) is 73.4 Å². The molecule has 2 N–H and O–H groups in total. The molecule has 0 saturated carbocycles. The van der Waals surface area contributed by atoms with Crippen molar-refractivity contribution < 1.29 is 9.90 Å². The van der Waals surface area contributed by atoms with Gasteiger partial charge in [-0.2, -0.15) is 0 Å². The lowest BCUT2D eigenvalue weighted by Gasteiger charge is -2.23. The predicted octanol–water partition coefficient (Wildman–Crippen LogP) is 1.85. The van der Waals surface area contributed by atoms with Crippen molar-refractivity contribution in [2.45, 2.75) is 18.9 Å². The van der Waals surface area contributed by atoms with Gasteiger partial charge in [0.15, 0.2) is 0 Å². The van der Waals surface area contributed by atoms with Crippen LogP contribution in [-0.4, -0.2) is 22.5 Å². The Morgan fingerprint density at radius 3 is 2.90 bits per heavy atom. The van der Waals surface area contributed by atoms with E-state index in [9.17, 15) is 14.7 Å². The predicted molar refractivity (Wildman–Crippen MR) is 79.4 cm³/mol. The number of pyridine rings is 1. The molecule has 2 heterocycles. The normalized spacial score (nSPS) is 18.0. The Balaban J connectivity index is 2.04. The number of aliphatic hydroxyl groups is 1. The first-order chi connectivity index (χ1) is 10.2. The van der Waals surface area contributed by atoms with Crippen molar-refractivity contribution in [1.29, 1.82) is 0 Å². The third kappa shape index (κ3) is 2.60. The van der Waals surface area contributed by atoms with Gasteiger partial charge in [-0.15, -0.1) is 0 Å². The van der Waals surface area contributed by atoms with Crippen LogP contribution >= 0.6 is 0 Å². The lowest BCUT2D eigenvalue weighted by Crippen LogP contribution is -2.32. The number of carbonyl (C=O) groups excluding carboxylic acids is 1. The number of benzene rings is 1. The molecule has 1 aliphatic rings. The number of carbonyl (C=O) groups is 1. The number of anilines is 1. The molecule has 1 unspecified atom stereocenters. The largest absolute Gasteiger partial charge is 0.388 e. The molecule has 0 aliphatic carbocycles. The van der Waals surface area contributed by atoms with Gasteiger partial charge < -0.3 is 15.0 Å². The number of para-hydroxylation sites is 1. The summed E-state index contributed by atoms with van der Waals surface area (Å²) in [6, 6.07) is 10.2. The van der Waals surface area contributed by atoms with E-state index in [4.69, 9.17) is 0 Å². The molecule has 1 atom stereocenters. The van der Waals surface area contributed by atoms with Crippen molar-refractivity contribution in [3.63, 3.8) is 0 Å². The molecule has 0 saturated heterocycles. The van der Waals surface area contributed by atoms with Crippen molar-refractivity contribution >= 4 is 11.6 Å². The van der Waals surface area contributed by atoms with Crippen LogP contribution in [0.4, 0.5) is 5.69 Å². The van der Waals surface area contributed by atoms with Crippen LogP contribution in [-0.2, 0) is 0 Å². The Morgan fingerprint density at radius 2 is 2.10 bits per heavy atom. The third-order valence-corrected chi connectivity index (χ3v) is 3.71. The maximum atomic E-state index is 12.7. The van der Waals surface area contributed by atoms with Crippen LogP contribution in [0.15, 0.2) is 47.4 Å². The number of hydrogen-bond donors (Lipinski definition) is 2. The number of aromatic nitrogens is 1. The first-order valence-electron chi connectivity index (χ1n) is 6.94. The number of nitrogens with one attached hydrogen (secondary N) is 1. The van der Waals surface area contributed by atoms with Crippen LogP contribution in [0.25, 0.3) is 0 Å². The summed E-state index contributed by atoms with van der Waals surface area (Å²) in [4.78, 5) is 28.2. The van der Waals surface area contributed by atoms with Crippen LogP contribution in [0.3, 0.4) is 0 Å². The fourth-order valence-corrected chi connectivity index (χ4v) is 2.68. The van der Waals surface area contributed by atoms with Crippen molar-refractivity contribution in [2.24, 2.45) is 0 Å². The second-order valence-electron chi connectivity index (χ2n) is 5.12. The number of aliphatic hydroxyl groups excluding tert-OH is 1. The van der Waals surface area contributed by atoms with E-state index < -0.39 is 6.10 Å². The second kappa shape index (κ2) is 5.54. The zero-order chi connectivity index (χ0) is 14.8. The van der Waals surface area contributed by atoms with Crippen molar-refractivity contribution in [1.82, 2.24) is 4.98 Å². The quantitative estimate of drug-likeness (QED) is 0.839. The van der Waals surface area contributed by atoms with E-state index in [1.807, 2.05) is 24.3 Å². The zero-order valence-corrected chi connectivity index (χ0v) is 11.5. The monoisotopic (exact) mass is 284 g/mol. The van der Waals surface area contributed by atoms with Gasteiger partial charge in [0.05, 0.1) is 6.10 Å². The van der Waals surface area contributed by atoms with Crippen LogP contribution in [0.1, 0.15) is 34.9 Å². The second-order valence-corrected chi connectivity index (χ2v) is 5.12. The van der Waals surface area contributed by atoms with Crippen LogP contribution in [0.5, 0.6) is 0 Å². The minimum atomic E-state index is -0.557. The molecule has 0 bridgehead atoms. The van der Waals surface area contributed by atoms with Gasteiger partial charge in [0.1, 0.15) is 0 Å². The van der Waals surface area contributed by atoms with Gasteiger partial charge in [-0.1, -0.05) is 18.2 Å². The summed E-state index contributed by atoms with van der Waals surface area (Å²) in [5.74, 6) is -0.220. The Bertz CT molecular complexity index is 723. The maximum absolute atomic E-state index is 12.7. The summed E-state index contributed by atoms with van der Waals surface area (Å²) in [6.45, 7) is 0.527. The van der Waals surface area contributed by atoms with Gasteiger partial charge in [-0.3, -0.25) is 9.59 Å². The van der Waals surface area contributed by atoms with E-state index in [0.29, 0.717) is 30.6 Å². The summed E-state index contributed by atoms with van der Waals surface area (Å²) in [5.41, 5.74) is 1.52. The highest BCUT2D eigenvalue weighted by Crippen LogP contribution is 2.33. The standard InChI is InChI=1S/C16H16N2O3/c19-14-6-3-9-18(13-5-2-1-4-12(13)14)16(21)11-7-8-17-15(20)10-11/h1-2,4-5,7-8,10,14,19H,3,6,9H2,(H,17,20). The summed E-state index contributed by atoms with van der Waals surface area (Å²) < 4.78 is 0. The van der Waals surface area contributed by atoms with E-state index in [2.05, 4.69) is 4.98 Å². The smallest absolute Gasteiger partial charge is 0.258 e. The fraction of sp³-hybridized carbons (Fsp3) is 0.250. The van der Waals surface area contributed by atoms with Gasteiger partial charge in [-0.25, -0.2) is 0 Å². The molecule has 1 aromatic carbocycles. The highest BCUT2D eigenvalue weighted by Gasteiger charge is 2.25. The van der Waals surface area contributed by atoms with Crippen LogP contribution in [0, 0.1) is 0 Å². The van der Waals surface area contributed by atoms with E-state index in [0.717, 1.165) is 5.56 Å². The van der Waals surface area contributed by atoms with Gasteiger partial charge in [0.25, 0.3) is 5.91 Å². The Hall–Kier alpha value is -2.40. The minimum absolute atomic E-state index is 0.220. The number of H-pyrrole nitrogens is 1. The number of fused-ring (bicyclic) bond motifs is 1. The lowest BCUT2D eigenvalue weighted by molar-refractivity contribution is 0.0986. The summed E-state index contributed by atoms with van der Waals surface area (Å²) >= 11 is 0. The molecule has 0 spiro atoms. The van der Waals surface area contributed by atoms with Crippen molar-refractivity contribution in [3.05, 3.63) is 64.1 Å². The molecule has 21 heavy (non-hydrogen) atoms. The average molecular weight is 284 g/mol. The fourth-order valence-electron chi connectivity index (χ4n) is 2.68. The van der Waals surface area contributed by atoms with Crippen LogP contribution in [0.2, 0.25) is 0 Å². The Kier molecular flexibility index (Phi) is 3.58. The third-order valence-electron chi connectivity index (χ3n) is 3.71. The van der Waals surface area contributed by atoms with Gasteiger partial charge >= 0.3 is 0 Å². The first kappa shape index (κ1) is 13.6. The van der Waals surface area contributed by atoms with E-state index in [1.165, 1.54) is 12.3 Å². The minimum Gasteiger partial charge on any atom is -0.388 e. The molecule has 3 rings (SSSR count). The maximum Gasteiger partial charge on any atom is 0.258 e. The van der Waals surface area contributed by atoms with E-state index in [1.54, 1.807) is 11.0 Å². The molecule has 1 aromatic heterocycles. The molecule has 108 valence electrons. The molecule has 2 aromatic rings. The lowest BCUT2D eigenvalue weighted by atomic mass is 10.0. The molecule has 0 radical (unpaired) electrons. The molecule has 5 heteroatoms. The molecule has 0 fully saturated rings. The van der Waals surface area contributed by atoms with Crippen molar-refractivity contribution in [3.8, 4) is 0 Å². The summed E-state index contributed by atoms with van der Waals surface area (Å²) in [7, 11) is 0. The number of amides is 1. The van der Waals surface area contributed by atoms with Gasteiger partial charge in [0, 0.05) is 35.6 Å². The van der Waals surface area contributed by atoms with E-state index >= 15 is 0 Å². The molecular weight excluding hydrogens is 268 g/mol. The number of hydrogen-bond acceptors (Lipinski definition) is 3. The number of aromatic amines is 1. The zero-order valence-electron chi connectivity index (χ0n) is 11.5. The number of rotatable bonds is 1. The van der Waals surface area contributed by atoms with Gasteiger partial charge in [-0.05, 0) is 25.0 Å². The number of nitrogens with zero attached hydrogens (tertiary/aromatic N) is 1. The SMILES string of the molecule is O=C(c1cc[nH]c(=O)c1)N1CCCC(O)c2ccccc21. The summed E-state index contributed by atoms with van der Waals surface area (Å²) in [5, 5.41) is 10.2. The highest BCUT2D eigenvalue weighted by molar-refractivity contribution is 6.06. The molecule has 1 amide bonds. The average Bonchev–Trinajstić information content (AvgIpc) is 2.66. The first-order valence-corrected chi connectivity index (χ1v) is 6.94. The van der Waals surface area contributed by atoms with Crippen LogP contribution < -0.4 is 10.5 Å².